The van der Waals surface area contributed by atoms with Gasteiger partial charge < -0.3 is 25.1 Å². The molecule has 1 aliphatic carbocycles. The second-order valence-corrected chi connectivity index (χ2v) is 4.59. The lowest BCUT2D eigenvalue weighted by Crippen LogP contribution is -2.48. The van der Waals surface area contributed by atoms with E-state index in [2.05, 4.69) is 4.52 Å². The Kier molecular flexibility index (Phi) is 3.67. The lowest BCUT2D eigenvalue weighted by molar-refractivity contribution is -0.0904. The van der Waals surface area contributed by atoms with Crippen LogP contribution in [-0.2, 0) is 9.09 Å². The van der Waals surface area contributed by atoms with E-state index in [1.165, 1.54) is 13.0 Å². The van der Waals surface area contributed by atoms with Crippen molar-refractivity contribution in [3.05, 3.63) is 11.6 Å². The van der Waals surface area contributed by atoms with Gasteiger partial charge in [0.05, 0.1) is 0 Å². The highest BCUT2D eigenvalue weighted by atomic mass is 31.2. The van der Waals surface area contributed by atoms with Crippen LogP contribution < -0.4 is 0 Å². The van der Waals surface area contributed by atoms with Crippen molar-refractivity contribution >= 4 is 7.82 Å². The summed E-state index contributed by atoms with van der Waals surface area (Å²) in [6.45, 7) is 1.45. The minimum atomic E-state index is -4.74. The Labute approximate surface area is 85.9 Å². The normalized spacial score (nSPS) is 37.6. The molecule has 0 aromatic heterocycles. The average Bonchev–Trinajstić information content (AvgIpc) is 2.08. The van der Waals surface area contributed by atoms with Gasteiger partial charge >= 0.3 is 7.82 Å². The number of aliphatic hydroxyl groups is 3. The van der Waals surface area contributed by atoms with Gasteiger partial charge in [-0.15, -0.1) is 0 Å². The summed E-state index contributed by atoms with van der Waals surface area (Å²) in [6, 6.07) is 0. The molecule has 0 heterocycles. The van der Waals surface area contributed by atoms with Crippen molar-refractivity contribution in [1.29, 1.82) is 0 Å². The zero-order valence-electron chi connectivity index (χ0n) is 7.89. The molecule has 0 aromatic carbocycles. The first-order valence-corrected chi connectivity index (χ1v) is 5.72. The predicted molar refractivity (Wildman–Crippen MR) is 48.7 cm³/mol. The van der Waals surface area contributed by atoms with Crippen molar-refractivity contribution in [2.75, 3.05) is 0 Å². The summed E-state index contributed by atoms with van der Waals surface area (Å²) in [6.07, 6.45) is -4.51. The standard InChI is InChI=1S/C7H13O7P/c1-3-2-4(14-15(11,12)13)6(9)7(10)5(3)8/h2,4-10H,1H3,(H2,11,12,13)/t4-,5+,6+,7+/m0/s1. The highest BCUT2D eigenvalue weighted by Crippen LogP contribution is 2.40. The zero-order chi connectivity index (χ0) is 11.8. The molecule has 0 saturated heterocycles. The molecule has 0 spiro atoms. The van der Waals surface area contributed by atoms with E-state index in [0.29, 0.717) is 0 Å². The third-order valence-electron chi connectivity index (χ3n) is 2.16. The fourth-order valence-electron chi connectivity index (χ4n) is 1.36. The van der Waals surface area contributed by atoms with Gasteiger partial charge in [-0.1, -0.05) is 6.08 Å². The fourth-order valence-corrected chi connectivity index (χ4v) is 1.86. The van der Waals surface area contributed by atoms with Gasteiger partial charge in [-0.3, -0.25) is 4.52 Å². The highest BCUT2D eigenvalue weighted by molar-refractivity contribution is 7.46. The predicted octanol–water partition coefficient (Wildman–Crippen LogP) is -1.49. The Balaban J connectivity index is 2.86. The van der Waals surface area contributed by atoms with E-state index in [-0.39, 0.29) is 5.57 Å². The van der Waals surface area contributed by atoms with Crippen LogP contribution in [0.2, 0.25) is 0 Å². The Bertz CT molecular complexity index is 308. The number of rotatable bonds is 2. The van der Waals surface area contributed by atoms with Crippen LogP contribution in [0, 0.1) is 0 Å². The molecular weight excluding hydrogens is 227 g/mol. The Hall–Kier alpha value is -0.270. The SMILES string of the molecule is CC1=C[C@H](OP(=O)(O)O)[C@@H](O)[C@H](O)[C@@H]1O. The van der Waals surface area contributed by atoms with E-state index in [9.17, 15) is 19.9 Å². The molecule has 0 saturated carbocycles. The number of phosphoric ester groups is 1. The van der Waals surface area contributed by atoms with Gasteiger partial charge in [-0.25, -0.2) is 4.57 Å². The minimum Gasteiger partial charge on any atom is -0.387 e. The third-order valence-corrected chi connectivity index (χ3v) is 2.68. The quantitative estimate of drug-likeness (QED) is 0.294. The van der Waals surface area contributed by atoms with Crippen molar-refractivity contribution in [2.24, 2.45) is 0 Å². The number of phosphoric acid groups is 1. The summed E-state index contributed by atoms with van der Waals surface area (Å²) in [4.78, 5) is 17.1. The van der Waals surface area contributed by atoms with E-state index < -0.39 is 32.2 Å². The van der Waals surface area contributed by atoms with Crippen molar-refractivity contribution in [3.8, 4) is 0 Å². The van der Waals surface area contributed by atoms with E-state index in [1.54, 1.807) is 0 Å². The summed E-state index contributed by atoms with van der Waals surface area (Å²) in [5.74, 6) is 0. The smallest absolute Gasteiger partial charge is 0.387 e. The van der Waals surface area contributed by atoms with E-state index in [1.807, 2.05) is 0 Å². The topological polar surface area (TPSA) is 127 Å². The van der Waals surface area contributed by atoms with Crippen LogP contribution in [0.4, 0.5) is 0 Å². The molecule has 0 fully saturated rings. The number of hydrogen-bond donors (Lipinski definition) is 5. The molecule has 0 bridgehead atoms. The third kappa shape index (κ3) is 3.09. The van der Waals surface area contributed by atoms with E-state index in [0.717, 1.165) is 0 Å². The molecule has 0 unspecified atom stereocenters. The van der Waals surface area contributed by atoms with Crippen LogP contribution in [0.1, 0.15) is 6.92 Å². The van der Waals surface area contributed by atoms with Gasteiger partial charge in [0.15, 0.2) is 0 Å². The molecule has 7 nitrogen and oxygen atoms in total. The number of hydrogen-bond acceptors (Lipinski definition) is 5. The average molecular weight is 240 g/mol. The van der Waals surface area contributed by atoms with Gasteiger partial charge in [0.1, 0.15) is 24.4 Å². The monoisotopic (exact) mass is 240 g/mol. The Morgan fingerprint density at radius 3 is 2.27 bits per heavy atom. The van der Waals surface area contributed by atoms with E-state index >= 15 is 0 Å². The van der Waals surface area contributed by atoms with Crippen molar-refractivity contribution < 1.29 is 34.2 Å². The lowest BCUT2D eigenvalue weighted by atomic mass is 9.91. The molecular formula is C7H13O7P. The zero-order valence-corrected chi connectivity index (χ0v) is 8.78. The van der Waals surface area contributed by atoms with Gasteiger partial charge in [0.2, 0.25) is 0 Å². The minimum absolute atomic E-state index is 0.284. The molecule has 15 heavy (non-hydrogen) atoms. The first-order valence-electron chi connectivity index (χ1n) is 4.19. The largest absolute Gasteiger partial charge is 0.470 e. The molecule has 4 atom stereocenters. The van der Waals surface area contributed by atoms with E-state index in [4.69, 9.17) is 9.79 Å². The summed E-state index contributed by atoms with van der Waals surface area (Å²) in [5, 5.41) is 28.0. The Morgan fingerprint density at radius 1 is 1.27 bits per heavy atom. The maximum absolute atomic E-state index is 10.5. The van der Waals surface area contributed by atoms with Crippen molar-refractivity contribution in [3.63, 3.8) is 0 Å². The Morgan fingerprint density at radius 2 is 1.80 bits per heavy atom. The number of aliphatic hydroxyl groups excluding tert-OH is 3. The molecule has 0 aromatic rings. The van der Waals surface area contributed by atoms with Crippen LogP contribution in [0.3, 0.4) is 0 Å². The maximum Gasteiger partial charge on any atom is 0.470 e. The summed E-state index contributed by atoms with van der Waals surface area (Å²) in [5.41, 5.74) is 0.284. The van der Waals surface area contributed by atoms with Crippen LogP contribution >= 0.6 is 7.82 Å². The first-order chi connectivity index (χ1) is 6.72. The summed E-state index contributed by atoms with van der Waals surface area (Å²) in [7, 11) is -4.74. The van der Waals surface area contributed by atoms with Crippen LogP contribution in [0.5, 0.6) is 0 Å². The lowest BCUT2D eigenvalue weighted by Gasteiger charge is -2.33. The van der Waals surface area contributed by atoms with Gasteiger partial charge in [-0.05, 0) is 12.5 Å². The maximum atomic E-state index is 10.5. The summed E-state index contributed by atoms with van der Waals surface area (Å²) < 4.78 is 14.8. The van der Waals surface area contributed by atoms with Crippen LogP contribution in [0.25, 0.3) is 0 Å². The summed E-state index contributed by atoms with van der Waals surface area (Å²) >= 11 is 0. The van der Waals surface area contributed by atoms with Gasteiger partial charge in [-0.2, -0.15) is 0 Å². The second kappa shape index (κ2) is 4.31. The van der Waals surface area contributed by atoms with Crippen molar-refractivity contribution in [1.82, 2.24) is 0 Å². The van der Waals surface area contributed by atoms with Crippen molar-refractivity contribution in [2.45, 2.75) is 31.3 Å². The molecule has 1 rings (SSSR count). The fraction of sp³-hybridized carbons (Fsp3) is 0.714. The molecule has 0 amide bonds. The molecule has 0 radical (unpaired) electrons. The highest BCUT2D eigenvalue weighted by Gasteiger charge is 2.39. The van der Waals surface area contributed by atoms with Gasteiger partial charge in [0.25, 0.3) is 0 Å². The molecule has 0 aliphatic heterocycles. The van der Waals surface area contributed by atoms with Gasteiger partial charge in [0, 0.05) is 0 Å². The van der Waals surface area contributed by atoms with Crippen LogP contribution in [-0.4, -0.2) is 49.5 Å². The molecule has 8 heteroatoms. The van der Waals surface area contributed by atoms with Crippen LogP contribution in [0.15, 0.2) is 11.6 Å². The molecule has 1 aliphatic rings. The molecule has 88 valence electrons. The second-order valence-electron chi connectivity index (χ2n) is 3.40. The molecule has 5 N–H and O–H groups in total. The first kappa shape index (κ1) is 12.8.